The number of hydrogen-bond donors (Lipinski definition) is 2. The van der Waals surface area contributed by atoms with Crippen molar-refractivity contribution in [2.75, 3.05) is 11.4 Å². The standard InChI is InChI=1S/C24H23N5O3S/c25-22(30)16-6-3-5-15-10-12-28(13-17(15)16)24-27-21(23(31)32)20(33-24)9-4-11-29-14-26-18-7-1-2-8-19(18)29/h1-3,5-8,14H,4,9-13H2,(H2,25,30)(H,31,32). The van der Waals surface area contributed by atoms with Crippen LogP contribution < -0.4 is 10.6 Å². The highest BCUT2D eigenvalue weighted by molar-refractivity contribution is 7.15. The van der Waals surface area contributed by atoms with Crippen LogP contribution in [-0.2, 0) is 25.9 Å². The lowest BCUT2D eigenvalue weighted by atomic mass is 9.95. The number of rotatable bonds is 7. The molecule has 3 N–H and O–H groups in total. The molecule has 0 atom stereocenters. The predicted octanol–water partition coefficient (Wildman–Crippen LogP) is 3.49. The second-order valence-corrected chi connectivity index (χ2v) is 9.14. The number of imidazole rings is 1. The second-order valence-electron chi connectivity index (χ2n) is 8.08. The molecule has 33 heavy (non-hydrogen) atoms. The summed E-state index contributed by atoms with van der Waals surface area (Å²) in [6, 6.07) is 13.5. The molecule has 1 aliphatic heterocycles. The van der Waals surface area contributed by atoms with E-state index in [2.05, 4.69) is 14.5 Å². The number of carboxylic acids is 1. The van der Waals surface area contributed by atoms with Gasteiger partial charge in [0.15, 0.2) is 10.8 Å². The van der Waals surface area contributed by atoms with Crippen LogP contribution in [0.25, 0.3) is 11.0 Å². The molecule has 0 saturated heterocycles. The lowest BCUT2D eigenvalue weighted by molar-refractivity contribution is 0.0690. The molecule has 168 valence electrons. The fourth-order valence-electron chi connectivity index (χ4n) is 4.38. The molecule has 2 aromatic heterocycles. The second kappa shape index (κ2) is 8.67. The first-order valence-electron chi connectivity index (χ1n) is 10.8. The van der Waals surface area contributed by atoms with Gasteiger partial charge >= 0.3 is 5.97 Å². The largest absolute Gasteiger partial charge is 0.476 e. The van der Waals surface area contributed by atoms with Gasteiger partial charge in [0.2, 0.25) is 5.91 Å². The number of aromatic carboxylic acids is 1. The van der Waals surface area contributed by atoms with E-state index in [0.29, 0.717) is 30.2 Å². The minimum Gasteiger partial charge on any atom is -0.476 e. The first kappa shape index (κ1) is 21.1. The third-order valence-corrected chi connectivity index (χ3v) is 7.20. The lowest BCUT2D eigenvalue weighted by Crippen LogP contribution is -2.32. The summed E-state index contributed by atoms with van der Waals surface area (Å²) in [6.45, 7) is 1.94. The van der Waals surface area contributed by atoms with Crippen molar-refractivity contribution >= 4 is 39.4 Å². The number of carbonyl (C=O) groups excluding carboxylic acids is 1. The average Bonchev–Trinajstić information content (AvgIpc) is 3.43. The molecule has 0 unspecified atom stereocenters. The lowest BCUT2D eigenvalue weighted by Gasteiger charge is -2.29. The summed E-state index contributed by atoms with van der Waals surface area (Å²) >= 11 is 1.42. The van der Waals surface area contributed by atoms with Gasteiger partial charge in [-0.3, -0.25) is 4.79 Å². The predicted molar refractivity (Wildman–Crippen MR) is 127 cm³/mol. The maximum Gasteiger partial charge on any atom is 0.355 e. The van der Waals surface area contributed by atoms with Crippen LogP contribution in [0, 0.1) is 0 Å². The quantitative estimate of drug-likeness (QED) is 0.435. The Kier molecular flexibility index (Phi) is 5.55. The summed E-state index contributed by atoms with van der Waals surface area (Å²) < 4.78 is 2.09. The Labute approximate surface area is 194 Å². The SMILES string of the molecule is NC(=O)c1cccc2c1CN(c1nc(C(=O)O)c(CCCn3cnc4ccccc43)s1)CC2. The van der Waals surface area contributed by atoms with Crippen molar-refractivity contribution < 1.29 is 14.7 Å². The van der Waals surface area contributed by atoms with E-state index in [1.807, 2.05) is 47.6 Å². The van der Waals surface area contributed by atoms with Crippen LogP contribution in [0.2, 0.25) is 0 Å². The van der Waals surface area contributed by atoms with Gasteiger partial charge in [-0.15, -0.1) is 11.3 Å². The minimum absolute atomic E-state index is 0.111. The van der Waals surface area contributed by atoms with E-state index in [0.717, 1.165) is 46.4 Å². The number of aromatic nitrogens is 3. The molecular weight excluding hydrogens is 438 g/mol. The monoisotopic (exact) mass is 461 g/mol. The van der Waals surface area contributed by atoms with Gasteiger partial charge in [-0.2, -0.15) is 0 Å². The number of benzene rings is 2. The topological polar surface area (TPSA) is 114 Å². The fraction of sp³-hybridized carbons (Fsp3) is 0.250. The number of carbonyl (C=O) groups is 2. The number of anilines is 1. The fourth-order valence-corrected chi connectivity index (χ4v) is 5.50. The molecule has 1 aliphatic rings. The zero-order chi connectivity index (χ0) is 22.9. The zero-order valence-corrected chi connectivity index (χ0v) is 18.7. The smallest absolute Gasteiger partial charge is 0.355 e. The molecule has 8 nitrogen and oxygen atoms in total. The van der Waals surface area contributed by atoms with Crippen LogP contribution >= 0.6 is 11.3 Å². The number of thiazole rings is 1. The van der Waals surface area contributed by atoms with Gasteiger partial charge in [0.05, 0.1) is 17.4 Å². The molecule has 0 aliphatic carbocycles. The van der Waals surface area contributed by atoms with Gasteiger partial charge in [-0.25, -0.2) is 14.8 Å². The molecule has 5 rings (SSSR count). The van der Waals surface area contributed by atoms with Crippen molar-refractivity contribution in [1.29, 1.82) is 0 Å². The molecule has 0 fully saturated rings. The number of para-hydroxylation sites is 2. The van der Waals surface area contributed by atoms with Crippen molar-refractivity contribution in [3.8, 4) is 0 Å². The van der Waals surface area contributed by atoms with Crippen LogP contribution in [0.3, 0.4) is 0 Å². The van der Waals surface area contributed by atoms with E-state index in [1.165, 1.54) is 11.3 Å². The highest BCUT2D eigenvalue weighted by atomic mass is 32.1. The van der Waals surface area contributed by atoms with Crippen molar-refractivity contribution in [2.45, 2.75) is 32.4 Å². The maximum atomic E-state index is 11.9. The summed E-state index contributed by atoms with van der Waals surface area (Å²) in [7, 11) is 0. The van der Waals surface area contributed by atoms with Gasteiger partial charge in [0, 0.05) is 30.1 Å². The molecule has 2 aromatic carbocycles. The van der Waals surface area contributed by atoms with Crippen LogP contribution in [0.1, 0.15) is 43.3 Å². The summed E-state index contributed by atoms with van der Waals surface area (Å²) in [4.78, 5) is 35.4. The number of amides is 1. The van der Waals surface area contributed by atoms with Gasteiger partial charge in [-0.05, 0) is 48.6 Å². The van der Waals surface area contributed by atoms with E-state index in [1.54, 1.807) is 6.07 Å². The number of fused-ring (bicyclic) bond motifs is 2. The summed E-state index contributed by atoms with van der Waals surface area (Å²) in [5, 5.41) is 10.4. The van der Waals surface area contributed by atoms with Gasteiger partial charge in [-0.1, -0.05) is 24.3 Å². The third kappa shape index (κ3) is 4.07. The maximum absolute atomic E-state index is 11.9. The van der Waals surface area contributed by atoms with Crippen LogP contribution in [0.4, 0.5) is 5.13 Å². The Morgan fingerprint density at radius 3 is 2.82 bits per heavy atom. The number of aryl methyl sites for hydroxylation is 2. The molecule has 9 heteroatoms. The third-order valence-electron chi connectivity index (χ3n) is 6.03. The van der Waals surface area contributed by atoms with Gasteiger partial charge < -0.3 is 20.3 Å². The van der Waals surface area contributed by atoms with Gasteiger partial charge in [0.1, 0.15) is 0 Å². The van der Waals surface area contributed by atoms with Crippen LogP contribution in [-0.4, -0.2) is 38.1 Å². The summed E-state index contributed by atoms with van der Waals surface area (Å²) in [5.41, 5.74) is 10.2. The van der Waals surface area contributed by atoms with E-state index in [4.69, 9.17) is 5.73 Å². The number of hydrogen-bond acceptors (Lipinski definition) is 6. The summed E-state index contributed by atoms with van der Waals surface area (Å²) in [6.07, 6.45) is 3.96. The van der Waals surface area contributed by atoms with E-state index < -0.39 is 11.9 Å². The van der Waals surface area contributed by atoms with Gasteiger partial charge in [0.25, 0.3) is 0 Å². The van der Waals surface area contributed by atoms with Crippen LogP contribution in [0.15, 0.2) is 48.8 Å². The minimum atomic E-state index is -1.02. The van der Waals surface area contributed by atoms with Crippen molar-refractivity contribution in [3.63, 3.8) is 0 Å². The number of nitrogens with zero attached hydrogens (tertiary/aromatic N) is 4. The molecule has 0 radical (unpaired) electrons. The van der Waals surface area contributed by atoms with E-state index >= 15 is 0 Å². The molecular formula is C24H23N5O3S. The Morgan fingerprint density at radius 2 is 2.00 bits per heavy atom. The summed E-state index contributed by atoms with van der Waals surface area (Å²) in [5.74, 6) is -1.47. The Balaban J connectivity index is 1.34. The van der Waals surface area contributed by atoms with Crippen molar-refractivity contribution in [2.24, 2.45) is 5.73 Å². The highest BCUT2D eigenvalue weighted by Crippen LogP contribution is 2.32. The molecule has 0 saturated carbocycles. The Bertz CT molecular complexity index is 1360. The van der Waals surface area contributed by atoms with Crippen molar-refractivity contribution in [1.82, 2.24) is 14.5 Å². The number of carboxylic acid groups (broad SMARTS) is 1. The Morgan fingerprint density at radius 1 is 1.15 bits per heavy atom. The average molecular weight is 462 g/mol. The van der Waals surface area contributed by atoms with E-state index in [9.17, 15) is 14.7 Å². The number of nitrogens with two attached hydrogens (primary N) is 1. The highest BCUT2D eigenvalue weighted by Gasteiger charge is 2.25. The zero-order valence-electron chi connectivity index (χ0n) is 17.9. The molecule has 3 heterocycles. The molecule has 4 aromatic rings. The van der Waals surface area contributed by atoms with Crippen molar-refractivity contribution in [3.05, 3.63) is 76.1 Å². The van der Waals surface area contributed by atoms with Crippen LogP contribution in [0.5, 0.6) is 0 Å². The Hall–Kier alpha value is -3.72. The van der Waals surface area contributed by atoms with E-state index in [-0.39, 0.29) is 5.69 Å². The molecule has 0 spiro atoms. The normalized spacial score (nSPS) is 13.3. The molecule has 0 bridgehead atoms. The molecule has 1 amide bonds. The number of primary amides is 1. The first-order valence-corrected chi connectivity index (χ1v) is 11.6. The first-order chi connectivity index (χ1) is 16.0.